The average Bonchev–Trinajstić information content (AvgIpc) is 3.33. The molecule has 0 N–H and O–H groups in total. The van der Waals surface area contributed by atoms with Gasteiger partial charge in [0.05, 0.1) is 13.1 Å². The van der Waals surface area contributed by atoms with E-state index in [0.29, 0.717) is 30.3 Å². The summed E-state index contributed by atoms with van der Waals surface area (Å²) < 4.78 is 2.12. The number of hydrogen-bond acceptors (Lipinski definition) is 4. The van der Waals surface area contributed by atoms with Crippen LogP contribution < -0.4 is 4.90 Å². The summed E-state index contributed by atoms with van der Waals surface area (Å²) in [5, 5.41) is 0. The van der Waals surface area contributed by atoms with Gasteiger partial charge in [0.1, 0.15) is 5.69 Å². The summed E-state index contributed by atoms with van der Waals surface area (Å²) in [6.45, 7) is 6.35. The predicted octanol–water partition coefficient (Wildman–Crippen LogP) is 5.06. The Morgan fingerprint density at radius 1 is 0.805 bits per heavy atom. The number of amides is 2. The number of piperazine rings is 1. The minimum Gasteiger partial charge on any atom is -0.335 e. The highest BCUT2D eigenvalue weighted by Gasteiger charge is 2.30. The van der Waals surface area contributed by atoms with E-state index in [2.05, 4.69) is 46.7 Å². The zero-order valence-electron chi connectivity index (χ0n) is 24.6. The minimum atomic E-state index is 0.00372. The zero-order valence-corrected chi connectivity index (χ0v) is 24.6. The molecule has 6 rings (SSSR count). The molecular weight excluding hydrogens is 510 g/mol. The summed E-state index contributed by atoms with van der Waals surface area (Å²) in [7, 11) is 4.19. The number of benzene rings is 2. The highest BCUT2D eigenvalue weighted by Crippen LogP contribution is 2.34. The number of likely N-dealkylation sites (N-methyl/N-ethyl adjacent to an activating group) is 1. The largest absolute Gasteiger partial charge is 0.335 e. The van der Waals surface area contributed by atoms with E-state index < -0.39 is 0 Å². The van der Waals surface area contributed by atoms with E-state index in [9.17, 15) is 9.59 Å². The average molecular weight is 554 g/mol. The number of rotatable bonds is 6. The highest BCUT2D eigenvalue weighted by molar-refractivity contribution is 6.06. The van der Waals surface area contributed by atoms with E-state index in [-0.39, 0.29) is 11.8 Å². The first-order valence-corrected chi connectivity index (χ1v) is 15.3. The number of para-hydroxylation sites is 1. The van der Waals surface area contributed by atoms with Crippen LogP contribution in [-0.2, 0) is 13.1 Å². The van der Waals surface area contributed by atoms with Gasteiger partial charge in [-0.3, -0.25) is 14.5 Å². The number of hydrogen-bond donors (Lipinski definition) is 0. The molecule has 1 saturated carbocycles. The molecule has 7 nitrogen and oxygen atoms in total. The van der Waals surface area contributed by atoms with Crippen LogP contribution in [0, 0.1) is 0 Å². The number of anilines is 1. The fraction of sp³-hybridized carbons (Fsp3) is 0.471. The standard InChI is InChI=1S/C34H43N5O2/c1-35(2)18-19-36-20-22-37(23-21-36)34(41)32-17-16-30-25-39(31-11-7-6-10-29(31)24-38(30)32)33(40)28-14-12-27(13-15-28)26-8-4-3-5-9-26/h6-7,10-17,26H,3-5,8-9,18-25H2,1-2H3. The van der Waals surface area contributed by atoms with Crippen molar-refractivity contribution >= 4 is 17.5 Å². The second kappa shape index (κ2) is 12.2. The number of carbonyl (C=O) groups excluding carboxylic acids is 2. The monoisotopic (exact) mass is 553 g/mol. The molecule has 1 saturated heterocycles. The van der Waals surface area contributed by atoms with E-state index in [1.807, 2.05) is 52.3 Å². The van der Waals surface area contributed by atoms with Crippen molar-refractivity contribution in [1.82, 2.24) is 19.3 Å². The first-order chi connectivity index (χ1) is 20.0. The maximum absolute atomic E-state index is 14.0. The van der Waals surface area contributed by atoms with Gasteiger partial charge in [-0.1, -0.05) is 49.6 Å². The van der Waals surface area contributed by atoms with Crippen molar-refractivity contribution in [2.24, 2.45) is 0 Å². The molecule has 0 atom stereocenters. The van der Waals surface area contributed by atoms with Gasteiger partial charge in [0, 0.05) is 56.2 Å². The van der Waals surface area contributed by atoms with Crippen LogP contribution in [0.15, 0.2) is 60.7 Å². The first-order valence-electron chi connectivity index (χ1n) is 15.3. The van der Waals surface area contributed by atoms with Gasteiger partial charge in [0.15, 0.2) is 0 Å². The SMILES string of the molecule is CN(C)CCN1CCN(C(=O)c2ccc3n2Cc2ccccc2N(C(=O)c2ccc(C4CCCCC4)cc2)C3)CC1. The van der Waals surface area contributed by atoms with Crippen molar-refractivity contribution in [1.29, 1.82) is 0 Å². The Balaban J connectivity index is 1.21. The molecule has 1 aliphatic carbocycles. The van der Waals surface area contributed by atoms with Crippen molar-refractivity contribution in [2.75, 3.05) is 58.3 Å². The van der Waals surface area contributed by atoms with E-state index in [1.54, 1.807) is 0 Å². The molecule has 2 amide bonds. The molecule has 0 radical (unpaired) electrons. The van der Waals surface area contributed by atoms with Crippen molar-refractivity contribution in [2.45, 2.75) is 51.1 Å². The fourth-order valence-corrected chi connectivity index (χ4v) is 6.70. The van der Waals surface area contributed by atoms with Crippen molar-refractivity contribution in [3.63, 3.8) is 0 Å². The summed E-state index contributed by atoms with van der Waals surface area (Å²) in [4.78, 5) is 36.2. The normalized spacial score (nSPS) is 18.2. The molecular formula is C34H43N5O2. The topological polar surface area (TPSA) is 52.0 Å². The van der Waals surface area contributed by atoms with Gasteiger partial charge in [-0.2, -0.15) is 0 Å². The predicted molar refractivity (Wildman–Crippen MR) is 164 cm³/mol. The molecule has 216 valence electrons. The Morgan fingerprint density at radius 3 is 2.27 bits per heavy atom. The third-order valence-corrected chi connectivity index (χ3v) is 9.22. The van der Waals surface area contributed by atoms with Crippen molar-refractivity contribution < 1.29 is 9.59 Å². The maximum atomic E-state index is 14.0. The van der Waals surface area contributed by atoms with Gasteiger partial charge < -0.3 is 19.3 Å². The van der Waals surface area contributed by atoms with Gasteiger partial charge in [0.25, 0.3) is 11.8 Å². The van der Waals surface area contributed by atoms with Gasteiger partial charge in [-0.25, -0.2) is 0 Å². The first kappa shape index (κ1) is 27.7. The highest BCUT2D eigenvalue weighted by atomic mass is 16.2. The lowest BCUT2D eigenvalue weighted by atomic mass is 9.84. The van der Waals surface area contributed by atoms with Crippen molar-refractivity contribution in [3.8, 4) is 0 Å². The number of nitrogens with zero attached hydrogens (tertiary/aromatic N) is 5. The molecule has 0 unspecified atom stereocenters. The van der Waals surface area contributed by atoms with Gasteiger partial charge in [-0.05, 0) is 74.3 Å². The van der Waals surface area contributed by atoms with Crippen LogP contribution in [0.3, 0.4) is 0 Å². The quantitative estimate of drug-likeness (QED) is 0.428. The van der Waals surface area contributed by atoms with Crippen LogP contribution in [0.1, 0.15) is 75.7 Å². The van der Waals surface area contributed by atoms with Gasteiger partial charge in [-0.15, -0.1) is 0 Å². The fourth-order valence-electron chi connectivity index (χ4n) is 6.70. The smallest absolute Gasteiger partial charge is 0.270 e. The lowest BCUT2D eigenvalue weighted by Crippen LogP contribution is -2.50. The second-order valence-electron chi connectivity index (χ2n) is 12.2. The molecule has 2 aromatic carbocycles. The van der Waals surface area contributed by atoms with Crippen LogP contribution in [-0.4, -0.2) is 84.4 Å². The zero-order chi connectivity index (χ0) is 28.3. The molecule has 3 aromatic rings. The van der Waals surface area contributed by atoms with Crippen LogP contribution in [0.25, 0.3) is 0 Å². The minimum absolute atomic E-state index is 0.00372. The Morgan fingerprint density at radius 2 is 1.54 bits per heavy atom. The third kappa shape index (κ3) is 5.97. The number of fused-ring (bicyclic) bond motifs is 2. The molecule has 3 heterocycles. The lowest BCUT2D eigenvalue weighted by molar-refractivity contribution is 0.0619. The Hall–Kier alpha value is -3.42. The van der Waals surface area contributed by atoms with Crippen LogP contribution in [0.5, 0.6) is 0 Å². The summed E-state index contributed by atoms with van der Waals surface area (Å²) in [5.74, 6) is 0.704. The van der Waals surface area contributed by atoms with E-state index in [0.717, 1.165) is 56.2 Å². The summed E-state index contributed by atoms with van der Waals surface area (Å²) in [6, 6.07) is 20.4. The van der Waals surface area contributed by atoms with E-state index >= 15 is 0 Å². The molecule has 2 aliphatic heterocycles. The Labute approximate surface area is 244 Å². The van der Waals surface area contributed by atoms with Crippen LogP contribution in [0.4, 0.5) is 5.69 Å². The maximum Gasteiger partial charge on any atom is 0.270 e. The molecule has 0 spiro atoms. The molecule has 2 fully saturated rings. The number of carbonyl (C=O) groups is 2. The van der Waals surface area contributed by atoms with E-state index in [4.69, 9.17) is 0 Å². The van der Waals surface area contributed by atoms with Crippen LogP contribution in [0.2, 0.25) is 0 Å². The second-order valence-corrected chi connectivity index (χ2v) is 12.2. The Kier molecular flexibility index (Phi) is 8.26. The third-order valence-electron chi connectivity index (χ3n) is 9.22. The molecule has 41 heavy (non-hydrogen) atoms. The number of aromatic nitrogens is 1. The summed E-state index contributed by atoms with van der Waals surface area (Å²) >= 11 is 0. The van der Waals surface area contributed by atoms with Gasteiger partial charge in [0.2, 0.25) is 0 Å². The van der Waals surface area contributed by atoms with Crippen LogP contribution >= 0.6 is 0 Å². The summed E-state index contributed by atoms with van der Waals surface area (Å²) in [5.41, 5.74) is 5.74. The molecule has 1 aromatic heterocycles. The summed E-state index contributed by atoms with van der Waals surface area (Å²) in [6.07, 6.45) is 6.43. The Bertz CT molecular complexity index is 1360. The molecule has 3 aliphatic rings. The van der Waals surface area contributed by atoms with Gasteiger partial charge >= 0.3 is 0 Å². The molecule has 0 bridgehead atoms. The van der Waals surface area contributed by atoms with E-state index in [1.165, 1.54) is 37.7 Å². The van der Waals surface area contributed by atoms with Crippen molar-refractivity contribution in [3.05, 3.63) is 88.7 Å². The molecule has 7 heteroatoms. The lowest BCUT2D eigenvalue weighted by Gasteiger charge is -2.35.